The van der Waals surface area contributed by atoms with E-state index in [4.69, 9.17) is 0 Å². The molecule has 14 heavy (non-hydrogen) atoms. The molecule has 2 rings (SSSR count). The van der Waals surface area contributed by atoms with Gasteiger partial charge in [0.1, 0.15) is 0 Å². The monoisotopic (exact) mass is 208 g/mol. The highest BCUT2D eigenvalue weighted by atomic mass is 32.1. The van der Waals surface area contributed by atoms with Gasteiger partial charge in [0.15, 0.2) is 0 Å². The maximum absolute atomic E-state index is 4.30. The Hall–Kier alpha value is -1.20. The first-order valence-electron chi connectivity index (χ1n) is 4.41. The van der Waals surface area contributed by atoms with E-state index in [1.165, 1.54) is 4.88 Å². The molecule has 0 aliphatic rings. The normalized spacial score (nSPS) is 10.7. The van der Waals surface area contributed by atoms with Crippen LogP contribution in [0.5, 0.6) is 0 Å². The number of aromatic nitrogens is 3. The fraction of sp³-hybridized carbons (Fsp3) is 0.333. The maximum atomic E-state index is 4.30. The van der Waals surface area contributed by atoms with Crippen LogP contribution in [0.1, 0.15) is 10.6 Å². The van der Waals surface area contributed by atoms with E-state index in [2.05, 4.69) is 15.4 Å². The lowest BCUT2D eigenvalue weighted by atomic mass is 10.5. The highest BCUT2D eigenvalue weighted by molar-refractivity contribution is 7.14. The van der Waals surface area contributed by atoms with Gasteiger partial charge in [-0.05, 0) is 20.0 Å². The van der Waals surface area contributed by atoms with E-state index in [1.54, 1.807) is 16.0 Å². The topological polar surface area (TPSA) is 42.7 Å². The van der Waals surface area contributed by atoms with E-state index in [0.29, 0.717) is 0 Å². The fourth-order valence-corrected chi connectivity index (χ4v) is 2.04. The van der Waals surface area contributed by atoms with Crippen LogP contribution >= 0.6 is 11.3 Å². The number of nitrogens with zero attached hydrogens (tertiary/aromatic N) is 3. The zero-order valence-electron chi connectivity index (χ0n) is 8.19. The predicted molar refractivity (Wildman–Crippen MR) is 56.7 cm³/mol. The molecular weight excluding hydrogens is 196 g/mol. The van der Waals surface area contributed by atoms with Crippen LogP contribution in [-0.4, -0.2) is 21.8 Å². The van der Waals surface area contributed by atoms with Crippen LogP contribution in [0.4, 0.5) is 0 Å². The first kappa shape index (κ1) is 9.36. The zero-order valence-corrected chi connectivity index (χ0v) is 9.01. The lowest BCUT2D eigenvalue weighted by Crippen LogP contribution is -2.02. The second-order valence-electron chi connectivity index (χ2n) is 3.04. The number of rotatable bonds is 3. The van der Waals surface area contributed by atoms with E-state index in [1.807, 2.05) is 32.4 Å². The van der Waals surface area contributed by atoms with Gasteiger partial charge in [-0.3, -0.25) is 0 Å². The summed E-state index contributed by atoms with van der Waals surface area (Å²) in [6.07, 6.45) is 3.81. The molecular formula is C9H12N4S. The van der Waals surface area contributed by atoms with Gasteiger partial charge < -0.3 is 5.32 Å². The molecule has 74 valence electrons. The molecule has 0 fully saturated rings. The van der Waals surface area contributed by atoms with Gasteiger partial charge in [-0.2, -0.15) is 5.10 Å². The standard InChI is InChI=1S/C9H12N4S/c1-7-3-4-13(12-7)9-11-6-8(14-9)5-10-2/h3-4,6,10H,5H2,1-2H3. The van der Waals surface area contributed by atoms with Crippen molar-refractivity contribution in [3.8, 4) is 5.13 Å². The Bertz CT molecular complexity index is 418. The van der Waals surface area contributed by atoms with Crippen molar-refractivity contribution in [2.45, 2.75) is 13.5 Å². The number of thiazole rings is 1. The van der Waals surface area contributed by atoms with Gasteiger partial charge in [0.05, 0.1) is 5.69 Å². The molecule has 0 amide bonds. The fourth-order valence-electron chi connectivity index (χ4n) is 1.18. The van der Waals surface area contributed by atoms with Crippen molar-refractivity contribution in [1.82, 2.24) is 20.1 Å². The van der Waals surface area contributed by atoms with Crippen LogP contribution in [0.15, 0.2) is 18.5 Å². The highest BCUT2D eigenvalue weighted by Gasteiger charge is 2.03. The van der Waals surface area contributed by atoms with Crippen molar-refractivity contribution in [3.63, 3.8) is 0 Å². The smallest absolute Gasteiger partial charge is 0.210 e. The Morgan fingerprint density at radius 2 is 2.43 bits per heavy atom. The summed E-state index contributed by atoms with van der Waals surface area (Å²) < 4.78 is 1.80. The van der Waals surface area contributed by atoms with Crippen LogP contribution < -0.4 is 5.32 Å². The summed E-state index contributed by atoms with van der Waals surface area (Å²) in [5, 5.41) is 8.31. The minimum Gasteiger partial charge on any atom is -0.315 e. The van der Waals surface area contributed by atoms with Crippen LogP contribution in [0.25, 0.3) is 5.13 Å². The van der Waals surface area contributed by atoms with Gasteiger partial charge in [-0.15, -0.1) is 0 Å². The number of nitrogens with one attached hydrogen (secondary N) is 1. The third-order valence-electron chi connectivity index (χ3n) is 1.81. The highest BCUT2D eigenvalue weighted by Crippen LogP contribution is 2.16. The summed E-state index contributed by atoms with van der Waals surface area (Å²) in [5.74, 6) is 0. The first-order valence-corrected chi connectivity index (χ1v) is 5.23. The van der Waals surface area contributed by atoms with E-state index >= 15 is 0 Å². The van der Waals surface area contributed by atoms with Gasteiger partial charge in [-0.25, -0.2) is 9.67 Å². The van der Waals surface area contributed by atoms with Crippen molar-refractivity contribution < 1.29 is 0 Å². The van der Waals surface area contributed by atoms with Gasteiger partial charge in [0, 0.05) is 23.8 Å². The van der Waals surface area contributed by atoms with Crippen molar-refractivity contribution in [3.05, 3.63) is 29.0 Å². The first-order chi connectivity index (χ1) is 6.79. The van der Waals surface area contributed by atoms with Gasteiger partial charge in [0.2, 0.25) is 5.13 Å². The van der Waals surface area contributed by atoms with E-state index in [0.717, 1.165) is 17.4 Å². The average Bonchev–Trinajstić information content (AvgIpc) is 2.74. The van der Waals surface area contributed by atoms with E-state index in [-0.39, 0.29) is 0 Å². The Morgan fingerprint density at radius 1 is 1.57 bits per heavy atom. The molecule has 4 nitrogen and oxygen atoms in total. The quantitative estimate of drug-likeness (QED) is 0.828. The largest absolute Gasteiger partial charge is 0.315 e. The molecule has 0 saturated carbocycles. The molecule has 0 saturated heterocycles. The molecule has 1 N–H and O–H groups in total. The van der Waals surface area contributed by atoms with Crippen LogP contribution in [0.2, 0.25) is 0 Å². The molecule has 0 aliphatic carbocycles. The molecule has 2 heterocycles. The van der Waals surface area contributed by atoms with Crippen molar-refractivity contribution >= 4 is 11.3 Å². The second-order valence-corrected chi connectivity index (χ2v) is 4.13. The predicted octanol–water partition coefficient (Wildman–Crippen LogP) is 1.36. The molecule has 0 radical (unpaired) electrons. The molecule has 0 atom stereocenters. The van der Waals surface area contributed by atoms with Crippen molar-refractivity contribution in [2.24, 2.45) is 0 Å². The number of aryl methyl sites for hydroxylation is 1. The summed E-state index contributed by atoms with van der Waals surface area (Å²) >= 11 is 1.65. The number of hydrogen-bond donors (Lipinski definition) is 1. The Balaban J connectivity index is 2.24. The van der Waals surface area contributed by atoms with Crippen molar-refractivity contribution in [2.75, 3.05) is 7.05 Å². The number of hydrogen-bond acceptors (Lipinski definition) is 4. The molecule has 0 aromatic carbocycles. The van der Waals surface area contributed by atoms with Gasteiger partial charge in [0.25, 0.3) is 0 Å². The molecule has 0 spiro atoms. The Morgan fingerprint density at radius 3 is 3.07 bits per heavy atom. The van der Waals surface area contributed by atoms with Crippen LogP contribution in [0.3, 0.4) is 0 Å². The van der Waals surface area contributed by atoms with E-state index in [9.17, 15) is 0 Å². The average molecular weight is 208 g/mol. The molecule has 0 aliphatic heterocycles. The minimum absolute atomic E-state index is 0.859. The molecule has 0 bridgehead atoms. The van der Waals surface area contributed by atoms with Crippen LogP contribution in [-0.2, 0) is 6.54 Å². The molecule has 0 unspecified atom stereocenters. The lowest BCUT2D eigenvalue weighted by Gasteiger charge is -1.93. The summed E-state index contributed by atoms with van der Waals surface area (Å²) in [5.41, 5.74) is 1.01. The summed E-state index contributed by atoms with van der Waals surface area (Å²) in [6.45, 7) is 2.83. The summed E-state index contributed by atoms with van der Waals surface area (Å²) in [6, 6.07) is 1.97. The Labute approximate surface area is 86.6 Å². The van der Waals surface area contributed by atoms with Crippen molar-refractivity contribution in [1.29, 1.82) is 0 Å². The molecule has 2 aromatic heterocycles. The maximum Gasteiger partial charge on any atom is 0.210 e. The molecule has 2 aromatic rings. The zero-order chi connectivity index (χ0) is 9.97. The molecule has 5 heteroatoms. The summed E-state index contributed by atoms with van der Waals surface area (Å²) in [4.78, 5) is 5.52. The Kier molecular flexibility index (Phi) is 2.60. The SMILES string of the molecule is CNCc1cnc(-n2ccc(C)n2)s1. The minimum atomic E-state index is 0.859. The van der Waals surface area contributed by atoms with E-state index < -0.39 is 0 Å². The van der Waals surface area contributed by atoms with Gasteiger partial charge >= 0.3 is 0 Å². The third-order valence-corrected chi connectivity index (χ3v) is 2.80. The second kappa shape index (κ2) is 3.89. The van der Waals surface area contributed by atoms with Crippen LogP contribution in [0, 0.1) is 6.92 Å². The van der Waals surface area contributed by atoms with Gasteiger partial charge in [-0.1, -0.05) is 11.3 Å². The summed E-state index contributed by atoms with van der Waals surface area (Å²) in [7, 11) is 1.93. The lowest BCUT2D eigenvalue weighted by molar-refractivity contribution is 0.828. The third kappa shape index (κ3) is 1.83.